The lowest BCUT2D eigenvalue weighted by atomic mass is 10.0. The van der Waals surface area contributed by atoms with Crippen molar-refractivity contribution in [2.24, 2.45) is 0 Å². The van der Waals surface area contributed by atoms with Crippen molar-refractivity contribution >= 4 is 6.08 Å². The van der Waals surface area contributed by atoms with E-state index in [1.54, 1.807) is 37.3 Å². The lowest BCUT2D eigenvalue weighted by molar-refractivity contribution is 0.0812. The number of aliphatic hydroxyl groups is 3. The molecule has 0 unspecified atom stereocenters. The number of allylic oxidation sites excluding steroid dienone is 1. The predicted octanol–water partition coefficient (Wildman–Crippen LogP) is 1.50. The molecule has 0 aliphatic carbocycles. The quantitative estimate of drug-likeness (QED) is 0.681. The van der Waals surface area contributed by atoms with Crippen molar-refractivity contribution < 1.29 is 20.1 Å². The van der Waals surface area contributed by atoms with E-state index in [4.69, 9.17) is 4.74 Å². The number of hydrogen-bond acceptors (Lipinski definition) is 4. The van der Waals surface area contributed by atoms with Crippen molar-refractivity contribution in [1.82, 2.24) is 0 Å². The molecule has 1 aromatic carbocycles. The molecule has 1 aromatic rings. The molecule has 3 N–H and O–H groups in total. The molecule has 0 spiro atoms. The third-order valence-electron chi connectivity index (χ3n) is 2.76. The van der Waals surface area contributed by atoms with Gasteiger partial charge in [0, 0.05) is 5.56 Å². The first kappa shape index (κ1) is 15.4. The highest BCUT2D eigenvalue weighted by Crippen LogP contribution is 2.23. The van der Waals surface area contributed by atoms with Crippen LogP contribution in [0.4, 0.5) is 0 Å². The van der Waals surface area contributed by atoms with Crippen LogP contribution in [0.2, 0.25) is 0 Å². The summed E-state index contributed by atoms with van der Waals surface area (Å²) in [4.78, 5) is 0. The highest BCUT2D eigenvalue weighted by atomic mass is 16.5. The van der Waals surface area contributed by atoms with Crippen LogP contribution >= 0.6 is 0 Å². The molecule has 0 aromatic heterocycles. The van der Waals surface area contributed by atoms with Gasteiger partial charge in [0.2, 0.25) is 0 Å². The molecule has 0 amide bonds. The van der Waals surface area contributed by atoms with Gasteiger partial charge in [-0.15, -0.1) is 0 Å². The normalized spacial score (nSPS) is 15.0. The number of benzene rings is 1. The minimum absolute atomic E-state index is 0.156. The highest BCUT2D eigenvalue weighted by Gasteiger charge is 2.10. The summed E-state index contributed by atoms with van der Waals surface area (Å²) in [5.74, 6) is 0.591. The topological polar surface area (TPSA) is 69.9 Å². The van der Waals surface area contributed by atoms with Crippen molar-refractivity contribution in [2.75, 3.05) is 7.11 Å². The molecule has 0 aliphatic heterocycles. The molecule has 104 valence electrons. The summed E-state index contributed by atoms with van der Waals surface area (Å²) in [6, 6.07) is 5.36. The van der Waals surface area contributed by atoms with E-state index >= 15 is 0 Å². The Labute approximate surface area is 113 Å². The SMILES string of the molecule is C/C=C/[C@H](O)[C@H](O)/C=C\c1cccc(OC)c1CO. The molecule has 0 radical (unpaired) electrons. The van der Waals surface area contributed by atoms with Gasteiger partial charge >= 0.3 is 0 Å². The van der Waals surface area contributed by atoms with Gasteiger partial charge < -0.3 is 20.1 Å². The largest absolute Gasteiger partial charge is 0.496 e. The standard InChI is InChI=1S/C15H20O4/c1-3-5-13(17)14(18)9-8-11-6-4-7-15(19-2)12(11)10-16/h3-9,13-14,16-18H,10H2,1-2H3/b5-3+,9-8-/t13-,14+/m0/s1. The van der Waals surface area contributed by atoms with Gasteiger partial charge in [-0.1, -0.05) is 36.4 Å². The summed E-state index contributed by atoms with van der Waals surface area (Å²) in [6.45, 7) is 1.61. The van der Waals surface area contributed by atoms with Gasteiger partial charge in [-0.25, -0.2) is 0 Å². The van der Waals surface area contributed by atoms with Crippen LogP contribution in [0.5, 0.6) is 5.75 Å². The molecule has 0 fully saturated rings. The van der Waals surface area contributed by atoms with Crippen molar-refractivity contribution in [3.8, 4) is 5.75 Å². The Morgan fingerprint density at radius 2 is 1.89 bits per heavy atom. The molecular weight excluding hydrogens is 244 g/mol. The number of methoxy groups -OCH3 is 1. The van der Waals surface area contributed by atoms with E-state index in [1.807, 2.05) is 0 Å². The molecule has 1 rings (SSSR count). The second kappa shape index (κ2) is 7.74. The van der Waals surface area contributed by atoms with Crippen LogP contribution in [-0.4, -0.2) is 34.6 Å². The third kappa shape index (κ3) is 4.21. The van der Waals surface area contributed by atoms with E-state index in [1.165, 1.54) is 19.3 Å². The Hall–Kier alpha value is -1.62. The Balaban J connectivity index is 2.93. The number of aliphatic hydroxyl groups excluding tert-OH is 3. The first-order valence-electron chi connectivity index (χ1n) is 6.08. The summed E-state index contributed by atoms with van der Waals surface area (Å²) in [5.41, 5.74) is 1.39. The molecule has 0 saturated heterocycles. The van der Waals surface area contributed by atoms with Gasteiger partial charge in [-0.3, -0.25) is 0 Å². The van der Waals surface area contributed by atoms with E-state index < -0.39 is 12.2 Å². The van der Waals surface area contributed by atoms with E-state index in [-0.39, 0.29) is 6.61 Å². The molecule has 4 heteroatoms. The van der Waals surface area contributed by atoms with Crippen molar-refractivity contribution in [2.45, 2.75) is 25.7 Å². The Morgan fingerprint density at radius 3 is 2.47 bits per heavy atom. The zero-order chi connectivity index (χ0) is 14.3. The fraction of sp³-hybridized carbons (Fsp3) is 0.333. The predicted molar refractivity (Wildman–Crippen MR) is 74.8 cm³/mol. The number of rotatable bonds is 6. The van der Waals surface area contributed by atoms with Crippen LogP contribution in [0.1, 0.15) is 18.1 Å². The van der Waals surface area contributed by atoms with Crippen LogP contribution in [0.15, 0.2) is 36.4 Å². The smallest absolute Gasteiger partial charge is 0.124 e. The third-order valence-corrected chi connectivity index (χ3v) is 2.76. The van der Waals surface area contributed by atoms with Crippen molar-refractivity contribution in [3.05, 3.63) is 47.6 Å². The second-order valence-electron chi connectivity index (χ2n) is 4.05. The fourth-order valence-corrected chi connectivity index (χ4v) is 1.73. The van der Waals surface area contributed by atoms with Crippen LogP contribution < -0.4 is 4.74 Å². The van der Waals surface area contributed by atoms with Gasteiger partial charge in [0.1, 0.15) is 18.0 Å². The summed E-state index contributed by atoms with van der Waals surface area (Å²) >= 11 is 0. The van der Waals surface area contributed by atoms with Crippen LogP contribution in [0, 0.1) is 0 Å². The first-order valence-corrected chi connectivity index (χ1v) is 6.08. The lowest BCUT2D eigenvalue weighted by Gasteiger charge is -2.11. The molecule has 0 bridgehead atoms. The van der Waals surface area contributed by atoms with Gasteiger partial charge in [0.05, 0.1) is 13.7 Å². The van der Waals surface area contributed by atoms with E-state index in [9.17, 15) is 15.3 Å². The molecule has 0 saturated carbocycles. The zero-order valence-corrected chi connectivity index (χ0v) is 11.2. The maximum absolute atomic E-state index is 9.72. The van der Waals surface area contributed by atoms with Gasteiger partial charge in [0.25, 0.3) is 0 Å². The highest BCUT2D eigenvalue weighted by molar-refractivity contribution is 5.58. The Bertz CT molecular complexity index is 451. The first-order chi connectivity index (χ1) is 9.13. The van der Waals surface area contributed by atoms with Crippen LogP contribution in [0.25, 0.3) is 6.08 Å². The van der Waals surface area contributed by atoms with Gasteiger partial charge in [0.15, 0.2) is 0 Å². The Kier molecular flexibility index (Phi) is 6.29. The maximum atomic E-state index is 9.72. The molecular formula is C15H20O4. The molecule has 4 nitrogen and oxygen atoms in total. The molecule has 19 heavy (non-hydrogen) atoms. The minimum Gasteiger partial charge on any atom is -0.496 e. The average molecular weight is 264 g/mol. The lowest BCUT2D eigenvalue weighted by Crippen LogP contribution is -2.20. The minimum atomic E-state index is -0.992. The van der Waals surface area contributed by atoms with E-state index in [2.05, 4.69) is 0 Å². The van der Waals surface area contributed by atoms with E-state index in [0.717, 1.165) is 5.56 Å². The monoisotopic (exact) mass is 264 g/mol. The Morgan fingerprint density at radius 1 is 1.21 bits per heavy atom. The van der Waals surface area contributed by atoms with Crippen molar-refractivity contribution in [1.29, 1.82) is 0 Å². The average Bonchev–Trinajstić information content (AvgIpc) is 2.44. The molecule has 0 heterocycles. The maximum Gasteiger partial charge on any atom is 0.124 e. The van der Waals surface area contributed by atoms with Crippen LogP contribution in [-0.2, 0) is 6.61 Å². The molecule has 2 atom stereocenters. The second-order valence-corrected chi connectivity index (χ2v) is 4.05. The van der Waals surface area contributed by atoms with E-state index in [0.29, 0.717) is 11.3 Å². The fourth-order valence-electron chi connectivity index (χ4n) is 1.73. The molecule has 0 aliphatic rings. The van der Waals surface area contributed by atoms with Crippen LogP contribution in [0.3, 0.4) is 0 Å². The number of ether oxygens (including phenoxy) is 1. The summed E-state index contributed by atoms with van der Waals surface area (Å²) in [5, 5.41) is 28.6. The summed E-state index contributed by atoms with van der Waals surface area (Å²) in [7, 11) is 1.53. The number of hydrogen-bond donors (Lipinski definition) is 3. The summed E-state index contributed by atoms with van der Waals surface area (Å²) < 4.78 is 5.15. The van der Waals surface area contributed by atoms with Crippen molar-refractivity contribution in [3.63, 3.8) is 0 Å². The zero-order valence-electron chi connectivity index (χ0n) is 11.2. The summed E-state index contributed by atoms with van der Waals surface area (Å²) in [6.07, 6.45) is 4.39. The van der Waals surface area contributed by atoms with Gasteiger partial charge in [-0.05, 0) is 18.6 Å². The van der Waals surface area contributed by atoms with Gasteiger partial charge in [-0.2, -0.15) is 0 Å².